The van der Waals surface area contributed by atoms with E-state index in [9.17, 15) is 9.59 Å². The minimum absolute atomic E-state index is 0.188. The number of fused-ring (bicyclic) bond motifs is 1. The monoisotopic (exact) mass is 381 g/mol. The van der Waals surface area contributed by atoms with Gasteiger partial charge < -0.3 is 14.0 Å². The molecular weight excluding hydrogens is 362 g/mol. The van der Waals surface area contributed by atoms with E-state index >= 15 is 0 Å². The number of esters is 2. The number of nitrogens with zero attached hydrogens (tertiary/aromatic N) is 1. The van der Waals surface area contributed by atoms with Crippen LogP contribution in [0.25, 0.3) is 22.0 Å². The molecule has 0 unspecified atom stereocenters. The summed E-state index contributed by atoms with van der Waals surface area (Å²) in [5, 5.41) is 4.60. The highest BCUT2D eigenvalue weighted by atomic mass is 32.1. The first-order valence-corrected chi connectivity index (χ1v) is 9.60. The van der Waals surface area contributed by atoms with E-state index in [1.54, 1.807) is 7.11 Å². The molecule has 0 saturated heterocycles. The number of hydrogen-bond acceptors (Lipinski definition) is 5. The molecule has 0 N–H and O–H groups in total. The van der Waals surface area contributed by atoms with E-state index in [-0.39, 0.29) is 6.04 Å². The molecule has 3 heterocycles. The van der Waals surface area contributed by atoms with E-state index in [0.29, 0.717) is 22.5 Å². The van der Waals surface area contributed by atoms with Crippen LogP contribution in [0.4, 0.5) is 0 Å². The van der Waals surface area contributed by atoms with Gasteiger partial charge in [-0.3, -0.25) is 0 Å². The molecule has 5 nitrogen and oxygen atoms in total. The van der Waals surface area contributed by atoms with Crippen molar-refractivity contribution in [3.8, 4) is 5.75 Å². The van der Waals surface area contributed by atoms with Gasteiger partial charge in [-0.2, -0.15) is 11.3 Å². The Morgan fingerprint density at radius 2 is 1.85 bits per heavy atom. The number of methoxy groups -OCH3 is 1. The van der Waals surface area contributed by atoms with Gasteiger partial charge in [0.05, 0.1) is 18.3 Å². The SMILES string of the molecule is COc1ccc2c(c1)c(C1=C(c3ccsc3)C(=O)OC1=O)c(C)n2C(C)C. The second-order valence-corrected chi connectivity index (χ2v) is 7.53. The molecule has 0 saturated carbocycles. The molecule has 0 atom stereocenters. The molecule has 1 aromatic carbocycles. The van der Waals surface area contributed by atoms with E-state index in [4.69, 9.17) is 9.47 Å². The lowest BCUT2D eigenvalue weighted by molar-refractivity contribution is -0.149. The zero-order valence-corrected chi connectivity index (χ0v) is 16.3. The van der Waals surface area contributed by atoms with Crippen LogP contribution in [-0.4, -0.2) is 23.6 Å². The maximum atomic E-state index is 12.7. The molecule has 1 aliphatic rings. The van der Waals surface area contributed by atoms with Crippen LogP contribution in [0.15, 0.2) is 35.0 Å². The van der Waals surface area contributed by atoms with Gasteiger partial charge in [0.2, 0.25) is 0 Å². The number of carbonyl (C=O) groups excluding carboxylic acids is 2. The molecule has 27 heavy (non-hydrogen) atoms. The molecule has 3 aromatic rings. The number of ether oxygens (including phenoxy) is 2. The van der Waals surface area contributed by atoms with Gasteiger partial charge in [-0.1, -0.05) is 0 Å². The van der Waals surface area contributed by atoms with Gasteiger partial charge in [-0.05, 0) is 55.8 Å². The molecule has 6 heteroatoms. The number of benzene rings is 1. The van der Waals surface area contributed by atoms with Gasteiger partial charge in [0, 0.05) is 33.8 Å². The Hall–Kier alpha value is -2.86. The summed E-state index contributed by atoms with van der Waals surface area (Å²) in [6.07, 6.45) is 0. The fourth-order valence-electron chi connectivity index (χ4n) is 3.82. The summed E-state index contributed by atoms with van der Waals surface area (Å²) in [7, 11) is 1.61. The summed E-state index contributed by atoms with van der Waals surface area (Å²) >= 11 is 1.47. The highest BCUT2D eigenvalue weighted by Gasteiger charge is 2.38. The zero-order valence-electron chi connectivity index (χ0n) is 15.5. The van der Waals surface area contributed by atoms with E-state index < -0.39 is 11.9 Å². The number of thiophene rings is 1. The number of hydrogen-bond donors (Lipinski definition) is 0. The quantitative estimate of drug-likeness (QED) is 0.490. The molecule has 4 rings (SSSR count). The minimum Gasteiger partial charge on any atom is -0.497 e. The lowest BCUT2D eigenvalue weighted by Crippen LogP contribution is -2.05. The van der Waals surface area contributed by atoms with Crippen LogP contribution in [0.2, 0.25) is 0 Å². The van der Waals surface area contributed by atoms with E-state index in [2.05, 4.69) is 18.4 Å². The van der Waals surface area contributed by atoms with Crippen LogP contribution >= 0.6 is 11.3 Å². The maximum absolute atomic E-state index is 12.7. The summed E-state index contributed by atoms with van der Waals surface area (Å²) in [6.45, 7) is 6.15. The Kier molecular flexibility index (Phi) is 4.15. The normalized spacial score (nSPS) is 14.6. The number of aromatic nitrogens is 1. The molecule has 2 aromatic heterocycles. The third-order valence-electron chi connectivity index (χ3n) is 4.88. The molecule has 0 bridgehead atoms. The third-order valence-corrected chi connectivity index (χ3v) is 5.56. The van der Waals surface area contributed by atoms with E-state index in [1.165, 1.54) is 11.3 Å². The maximum Gasteiger partial charge on any atom is 0.347 e. The van der Waals surface area contributed by atoms with Gasteiger partial charge in [-0.15, -0.1) is 0 Å². The Morgan fingerprint density at radius 3 is 2.48 bits per heavy atom. The van der Waals surface area contributed by atoms with Crippen molar-refractivity contribution < 1.29 is 19.1 Å². The summed E-state index contributed by atoms with van der Waals surface area (Å²) in [5.74, 6) is -0.504. The predicted octanol–water partition coefficient (Wildman–Crippen LogP) is 4.59. The van der Waals surface area contributed by atoms with Gasteiger partial charge in [0.15, 0.2) is 0 Å². The first kappa shape index (κ1) is 17.5. The van der Waals surface area contributed by atoms with Crippen molar-refractivity contribution in [2.75, 3.05) is 7.11 Å². The van der Waals surface area contributed by atoms with Gasteiger partial charge >= 0.3 is 11.9 Å². The summed E-state index contributed by atoms with van der Waals surface area (Å²) in [6, 6.07) is 7.81. The average Bonchev–Trinajstić information content (AvgIpc) is 3.30. The summed E-state index contributed by atoms with van der Waals surface area (Å²) < 4.78 is 12.6. The molecule has 0 spiro atoms. The molecular formula is C21H19NO4S. The van der Waals surface area contributed by atoms with Crippen molar-refractivity contribution >= 4 is 45.3 Å². The first-order valence-electron chi connectivity index (χ1n) is 8.66. The molecule has 0 aliphatic carbocycles. The van der Waals surface area contributed by atoms with Crippen molar-refractivity contribution in [3.63, 3.8) is 0 Å². The van der Waals surface area contributed by atoms with Gasteiger partial charge in [0.25, 0.3) is 0 Å². The molecule has 1 aliphatic heterocycles. The van der Waals surface area contributed by atoms with Crippen LogP contribution in [0.5, 0.6) is 5.75 Å². The topological polar surface area (TPSA) is 57.5 Å². The predicted molar refractivity (Wildman–Crippen MR) is 106 cm³/mol. The third kappa shape index (κ3) is 2.59. The lowest BCUT2D eigenvalue weighted by atomic mass is 9.95. The standard InChI is InChI=1S/C21H19NO4S/c1-11(2)22-12(3)17(15-9-14(25-4)5-6-16(15)22)19-18(13-7-8-27-10-13)20(23)26-21(19)24/h5-11H,1-4H3. The summed E-state index contributed by atoms with van der Waals surface area (Å²) in [5.41, 5.74) is 4.00. The second kappa shape index (κ2) is 6.39. The Balaban J connectivity index is 2.13. The van der Waals surface area contributed by atoms with Crippen LogP contribution in [-0.2, 0) is 14.3 Å². The smallest absolute Gasteiger partial charge is 0.347 e. The highest BCUT2D eigenvalue weighted by Crippen LogP contribution is 2.42. The van der Waals surface area contributed by atoms with Crippen LogP contribution in [0, 0.1) is 6.92 Å². The number of cyclic esters (lactones) is 2. The number of rotatable bonds is 4. The number of carbonyl (C=O) groups is 2. The van der Waals surface area contributed by atoms with E-state index in [1.807, 2.05) is 41.9 Å². The first-order chi connectivity index (χ1) is 12.9. The van der Waals surface area contributed by atoms with Crippen molar-refractivity contribution in [2.24, 2.45) is 0 Å². The Labute approximate surface area is 160 Å². The fourth-order valence-corrected chi connectivity index (χ4v) is 4.46. The average molecular weight is 381 g/mol. The molecule has 138 valence electrons. The summed E-state index contributed by atoms with van der Waals surface area (Å²) in [4.78, 5) is 25.1. The molecule has 0 amide bonds. The van der Waals surface area contributed by atoms with Crippen molar-refractivity contribution in [1.82, 2.24) is 4.57 Å². The largest absolute Gasteiger partial charge is 0.497 e. The van der Waals surface area contributed by atoms with Crippen molar-refractivity contribution in [2.45, 2.75) is 26.8 Å². The van der Waals surface area contributed by atoms with Gasteiger partial charge in [-0.25, -0.2) is 9.59 Å². The van der Waals surface area contributed by atoms with Crippen molar-refractivity contribution in [3.05, 3.63) is 51.8 Å². The molecule has 0 radical (unpaired) electrons. The van der Waals surface area contributed by atoms with Gasteiger partial charge in [0.1, 0.15) is 5.75 Å². The fraction of sp³-hybridized carbons (Fsp3) is 0.238. The Morgan fingerprint density at radius 1 is 1.11 bits per heavy atom. The van der Waals surface area contributed by atoms with Crippen LogP contribution in [0.3, 0.4) is 0 Å². The lowest BCUT2D eigenvalue weighted by Gasteiger charge is -2.13. The molecule has 0 fully saturated rings. The van der Waals surface area contributed by atoms with Crippen molar-refractivity contribution in [1.29, 1.82) is 0 Å². The van der Waals surface area contributed by atoms with Crippen LogP contribution in [0.1, 0.15) is 36.7 Å². The minimum atomic E-state index is -0.602. The second-order valence-electron chi connectivity index (χ2n) is 6.75. The Bertz CT molecular complexity index is 1100. The van der Waals surface area contributed by atoms with Crippen LogP contribution < -0.4 is 4.74 Å². The zero-order chi connectivity index (χ0) is 19.3. The highest BCUT2D eigenvalue weighted by molar-refractivity contribution is 7.08. The van der Waals surface area contributed by atoms with E-state index in [0.717, 1.165) is 22.2 Å².